The Balaban J connectivity index is 3.96. The summed E-state index contributed by atoms with van der Waals surface area (Å²) in [7, 11) is 0. The van der Waals surface area contributed by atoms with Crippen LogP contribution in [0.3, 0.4) is 0 Å². The summed E-state index contributed by atoms with van der Waals surface area (Å²) in [6.45, 7) is 12.6. The second-order valence-electron chi connectivity index (χ2n) is 5.35. The first-order chi connectivity index (χ1) is 8.11. The van der Waals surface area contributed by atoms with E-state index in [1.165, 1.54) is 0 Å². The molecule has 0 rings (SSSR count). The molecule has 18 heavy (non-hydrogen) atoms. The van der Waals surface area contributed by atoms with Gasteiger partial charge in [-0.3, -0.25) is 0 Å². The molecule has 0 spiro atoms. The van der Waals surface area contributed by atoms with Gasteiger partial charge in [-0.1, -0.05) is 20.4 Å². The Labute approximate surface area is 108 Å². The summed E-state index contributed by atoms with van der Waals surface area (Å²) >= 11 is 0. The average molecular weight is 258 g/mol. The molecule has 5 heteroatoms. The predicted octanol–water partition coefficient (Wildman–Crippen LogP) is 2.69. The lowest BCUT2D eigenvalue weighted by Gasteiger charge is -2.18. The largest absolute Gasteiger partial charge is 0.509 e. The van der Waals surface area contributed by atoms with Crippen LogP contribution in [0.25, 0.3) is 0 Å². The van der Waals surface area contributed by atoms with Crippen molar-refractivity contribution >= 4 is 12.1 Å². The molecule has 0 saturated carbocycles. The van der Waals surface area contributed by atoms with Gasteiger partial charge in [-0.25, -0.2) is 9.59 Å². The fraction of sp³-hybridized carbons (Fsp3) is 0.692. The predicted molar refractivity (Wildman–Crippen MR) is 67.1 cm³/mol. The van der Waals surface area contributed by atoms with E-state index < -0.39 is 17.7 Å². The molecular formula is C13H22O5. The number of esters is 1. The van der Waals surface area contributed by atoms with Crippen molar-refractivity contribution in [2.24, 2.45) is 5.92 Å². The lowest BCUT2D eigenvalue weighted by Crippen LogP contribution is -2.25. The number of hydrogen-bond acceptors (Lipinski definition) is 5. The molecule has 0 unspecified atom stereocenters. The highest BCUT2D eigenvalue weighted by Crippen LogP contribution is 2.09. The number of hydrogen-bond donors (Lipinski definition) is 0. The molecule has 0 aliphatic carbocycles. The molecule has 0 aliphatic rings. The smallest absolute Gasteiger partial charge is 0.462 e. The Morgan fingerprint density at radius 3 is 2.17 bits per heavy atom. The van der Waals surface area contributed by atoms with Crippen molar-refractivity contribution in [1.29, 1.82) is 0 Å². The Kier molecular flexibility index (Phi) is 6.44. The normalized spacial score (nSPS) is 11.0. The minimum Gasteiger partial charge on any atom is -0.462 e. The van der Waals surface area contributed by atoms with Gasteiger partial charge in [0.2, 0.25) is 0 Å². The van der Waals surface area contributed by atoms with Gasteiger partial charge in [0.1, 0.15) is 12.2 Å². The molecule has 0 aliphatic heterocycles. The fourth-order valence-electron chi connectivity index (χ4n) is 0.829. The molecule has 0 saturated heterocycles. The first kappa shape index (κ1) is 16.5. The van der Waals surface area contributed by atoms with Crippen molar-refractivity contribution in [2.45, 2.75) is 40.2 Å². The molecular weight excluding hydrogens is 236 g/mol. The van der Waals surface area contributed by atoms with Gasteiger partial charge < -0.3 is 14.2 Å². The van der Waals surface area contributed by atoms with Crippen LogP contribution in [0.1, 0.15) is 34.6 Å². The molecule has 0 N–H and O–H groups in total. The summed E-state index contributed by atoms with van der Waals surface area (Å²) in [5, 5.41) is 0. The maximum atomic E-state index is 11.4. The van der Waals surface area contributed by atoms with Crippen LogP contribution in [0.2, 0.25) is 0 Å². The third kappa shape index (κ3) is 8.61. The van der Waals surface area contributed by atoms with Gasteiger partial charge in [-0.05, 0) is 26.7 Å². The van der Waals surface area contributed by atoms with Crippen molar-refractivity contribution in [3.8, 4) is 0 Å². The Bertz CT molecular complexity index is 312. The number of carbonyl (C=O) groups is 2. The molecule has 0 amide bonds. The first-order valence-electron chi connectivity index (χ1n) is 5.82. The van der Waals surface area contributed by atoms with E-state index in [4.69, 9.17) is 14.2 Å². The Hall–Kier alpha value is -1.52. The minimum absolute atomic E-state index is 0.0847. The summed E-state index contributed by atoms with van der Waals surface area (Å²) in [5.74, 6) is -0.319. The maximum Gasteiger partial charge on any atom is 0.509 e. The maximum absolute atomic E-state index is 11.4. The van der Waals surface area contributed by atoms with E-state index in [0.717, 1.165) is 0 Å². The number of ether oxygens (including phenoxy) is 3. The molecule has 0 radical (unpaired) electrons. The summed E-state index contributed by atoms with van der Waals surface area (Å²) in [4.78, 5) is 22.6. The van der Waals surface area contributed by atoms with E-state index in [9.17, 15) is 9.59 Å². The topological polar surface area (TPSA) is 61.8 Å². The van der Waals surface area contributed by atoms with Crippen LogP contribution >= 0.6 is 0 Å². The van der Waals surface area contributed by atoms with Crippen molar-refractivity contribution < 1.29 is 23.8 Å². The standard InChI is InChI=1S/C13H22O5/c1-9(2)7-16-11(14)10(3)8-17-12(15)18-13(4,5)6/h9H,3,7-8H2,1-2,4-6H3. The summed E-state index contributed by atoms with van der Waals surface area (Å²) in [6.07, 6.45) is -0.833. The van der Waals surface area contributed by atoms with Crippen LogP contribution in [0.4, 0.5) is 4.79 Å². The van der Waals surface area contributed by atoms with Crippen LogP contribution in [0.5, 0.6) is 0 Å². The van der Waals surface area contributed by atoms with Crippen molar-refractivity contribution in [3.63, 3.8) is 0 Å². The van der Waals surface area contributed by atoms with Crippen molar-refractivity contribution in [1.82, 2.24) is 0 Å². The quantitative estimate of drug-likeness (QED) is 0.560. The molecule has 0 aromatic carbocycles. The lowest BCUT2D eigenvalue weighted by atomic mass is 10.2. The molecule has 0 aromatic rings. The van der Waals surface area contributed by atoms with E-state index in [2.05, 4.69) is 6.58 Å². The van der Waals surface area contributed by atoms with Gasteiger partial charge in [0.25, 0.3) is 0 Å². The molecule has 0 fully saturated rings. The van der Waals surface area contributed by atoms with E-state index in [1.54, 1.807) is 20.8 Å². The lowest BCUT2D eigenvalue weighted by molar-refractivity contribution is -0.140. The van der Waals surface area contributed by atoms with Crippen molar-refractivity contribution in [2.75, 3.05) is 13.2 Å². The monoisotopic (exact) mass is 258 g/mol. The van der Waals surface area contributed by atoms with Crippen LogP contribution in [-0.2, 0) is 19.0 Å². The van der Waals surface area contributed by atoms with E-state index >= 15 is 0 Å². The van der Waals surface area contributed by atoms with Gasteiger partial charge >= 0.3 is 12.1 Å². The average Bonchev–Trinajstić information content (AvgIpc) is 2.19. The third-order valence-corrected chi connectivity index (χ3v) is 1.59. The summed E-state index contributed by atoms with van der Waals surface area (Å²) < 4.78 is 14.6. The van der Waals surface area contributed by atoms with E-state index in [-0.39, 0.29) is 18.1 Å². The fourth-order valence-corrected chi connectivity index (χ4v) is 0.829. The van der Waals surface area contributed by atoms with Gasteiger partial charge in [-0.15, -0.1) is 0 Å². The molecule has 0 bridgehead atoms. The zero-order chi connectivity index (χ0) is 14.3. The highest BCUT2D eigenvalue weighted by molar-refractivity contribution is 5.88. The van der Waals surface area contributed by atoms with Crippen LogP contribution in [0, 0.1) is 5.92 Å². The van der Waals surface area contributed by atoms with Gasteiger partial charge in [-0.2, -0.15) is 0 Å². The highest BCUT2D eigenvalue weighted by atomic mass is 16.7. The molecule has 0 heterocycles. The minimum atomic E-state index is -0.833. The van der Waals surface area contributed by atoms with Crippen LogP contribution in [-0.4, -0.2) is 30.9 Å². The highest BCUT2D eigenvalue weighted by Gasteiger charge is 2.19. The van der Waals surface area contributed by atoms with Gasteiger partial charge in [0.05, 0.1) is 12.2 Å². The Morgan fingerprint density at radius 2 is 1.72 bits per heavy atom. The number of rotatable bonds is 5. The third-order valence-electron chi connectivity index (χ3n) is 1.59. The van der Waals surface area contributed by atoms with Crippen molar-refractivity contribution in [3.05, 3.63) is 12.2 Å². The van der Waals surface area contributed by atoms with Gasteiger partial charge in [0, 0.05) is 0 Å². The summed E-state index contributed by atoms with van der Waals surface area (Å²) in [6, 6.07) is 0. The second-order valence-corrected chi connectivity index (χ2v) is 5.35. The first-order valence-corrected chi connectivity index (χ1v) is 5.82. The Morgan fingerprint density at radius 1 is 1.17 bits per heavy atom. The molecule has 5 nitrogen and oxygen atoms in total. The molecule has 0 atom stereocenters. The second kappa shape index (κ2) is 7.03. The van der Waals surface area contributed by atoms with Gasteiger partial charge in [0.15, 0.2) is 0 Å². The van der Waals surface area contributed by atoms with E-state index in [1.807, 2.05) is 13.8 Å². The zero-order valence-electron chi connectivity index (χ0n) is 11.7. The molecule has 0 aromatic heterocycles. The SMILES string of the molecule is C=C(COC(=O)OC(C)(C)C)C(=O)OCC(C)C. The van der Waals surface area contributed by atoms with Crippen LogP contribution < -0.4 is 0 Å². The zero-order valence-corrected chi connectivity index (χ0v) is 11.7. The number of carbonyl (C=O) groups excluding carboxylic acids is 2. The van der Waals surface area contributed by atoms with Crippen LogP contribution in [0.15, 0.2) is 12.2 Å². The van der Waals surface area contributed by atoms with E-state index in [0.29, 0.717) is 6.61 Å². The molecule has 104 valence electrons. The summed E-state index contributed by atoms with van der Waals surface area (Å²) in [5.41, 5.74) is -0.544.